The van der Waals surface area contributed by atoms with E-state index in [1.807, 2.05) is 4.90 Å². The molecule has 0 N–H and O–H groups in total. The molecule has 16 heavy (non-hydrogen) atoms. The Morgan fingerprint density at radius 1 is 1.38 bits per heavy atom. The van der Waals surface area contributed by atoms with E-state index in [2.05, 4.69) is 5.92 Å². The number of terminal acetylenes is 1. The number of rotatable bonds is 4. The van der Waals surface area contributed by atoms with Gasteiger partial charge in [-0.25, -0.2) is 8.42 Å². The average Bonchev–Trinajstić information content (AvgIpc) is 2.21. The molecule has 1 aliphatic heterocycles. The molecule has 0 aliphatic carbocycles. The highest BCUT2D eigenvalue weighted by Crippen LogP contribution is 2.03. The molecule has 1 heterocycles. The van der Waals surface area contributed by atoms with Crippen LogP contribution in [0, 0.1) is 12.3 Å². The molecule has 6 heteroatoms. The number of hydrogen-bond acceptors (Lipinski definition) is 5. The Balaban J connectivity index is 2.16. The van der Waals surface area contributed by atoms with Crippen LogP contribution in [0.5, 0.6) is 0 Å². The Hall–Kier alpha value is -1.06. The minimum atomic E-state index is -2.84. The highest BCUT2D eigenvalue weighted by Gasteiger charge is 2.21. The first-order valence-corrected chi connectivity index (χ1v) is 6.87. The van der Waals surface area contributed by atoms with Gasteiger partial charge in [0.1, 0.15) is 13.0 Å². The highest BCUT2D eigenvalue weighted by molar-refractivity contribution is 7.91. The zero-order chi connectivity index (χ0) is 12.0. The zero-order valence-electron chi connectivity index (χ0n) is 9.02. The lowest BCUT2D eigenvalue weighted by Gasteiger charge is -2.25. The summed E-state index contributed by atoms with van der Waals surface area (Å²) in [5.41, 5.74) is 0. The van der Waals surface area contributed by atoms with Gasteiger partial charge in [-0.2, -0.15) is 0 Å². The number of carbonyl (C=O) groups excluding carboxylic acids is 1. The van der Waals surface area contributed by atoms with E-state index in [4.69, 9.17) is 11.2 Å². The summed E-state index contributed by atoms with van der Waals surface area (Å²) in [5, 5.41) is 0. The third-order valence-corrected chi connectivity index (χ3v) is 3.96. The van der Waals surface area contributed by atoms with Crippen LogP contribution in [0.4, 0.5) is 0 Å². The summed E-state index contributed by atoms with van der Waals surface area (Å²) in [6.45, 7) is 1.84. The van der Waals surface area contributed by atoms with Crippen LogP contribution in [0.3, 0.4) is 0 Å². The molecular weight excluding hydrogens is 230 g/mol. The Morgan fingerprint density at radius 3 is 2.56 bits per heavy atom. The van der Waals surface area contributed by atoms with Crippen LogP contribution >= 0.6 is 0 Å². The van der Waals surface area contributed by atoms with E-state index in [-0.39, 0.29) is 24.5 Å². The Bertz CT molecular complexity index is 368. The van der Waals surface area contributed by atoms with Gasteiger partial charge in [0, 0.05) is 19.6 Å². The molecule has 1 saturated heterocycles. The number of ether oxygens (including phenoxy) is 1. The van der Waals surface area contributed by atoms with E-state index >= 15 is 0 Å². The van der Waals surface area contributed by atoms with Crippen molar-refractivity contribution in [1.29, 1.82) is 0 Å². The summed E-state index contributed by atoms with van der Waals surface area (Å²) < 4.78 is 27.1. The maximum Gasteiger partial charge on any atom is 0.317 e. The fraction of sp³-hybridized carbons (Fsp3) is 0.700. The topological polar surface area (TPSA) is 63.7 Å². The normalized spacial score (nSPS) is 19.9. The van der Waals surface area contributed by atoms with Crippen molar-refractivity contribution in [2.24, 2.45) is 0 Å². The van der Waals surface area contributed by atoms with Gasteiger partial charge >= 0.3 is 5.97 Å². The molecule has 0 aromatic rings. The molecule has 0 radical (unpaired) electrons. The predicted octanol–water partition coefficient (Wildman–Crippen LogP) is -0.717. The van der Waals surface area contributed by atoms with E-state index < -0.39 is 15.8 Å². The van der Waals surface area contributed by atoms with Gasteiger partial charge < -0.3 is 4.74 Å². The molecule has 0 bridgehead atoms. The Labute approximate surface area is 95.7 Å². The number of nitrogens with zero attached hydrogens (tertiary/aromatic N) is 1. The molecule has 1 fully saturated rings. The van der Waals surface area contributed by atoms with Crippen molar-refractivity contribution in [2.75, 3.05) is 37.7 Å². The highest BCUT2D eigenvalue weighted by atomic mass is 32.2. The summed E-state index contributed by atoms with van der Waals surface area (Å²) in [5.74, 6) is 2.16. The monoisotopic (exact) mass is 245 g/mol. The van der Waals surface area contributed by atoms with Crippen LogP contribution in [-0.4, -0.2) is 57.0 Å². The summed E-state index contributed by atoms with van der Waals surface area (Å²) in [6.07, 6.45) is 4.93. The summed E-state index contributed by atoms with van der Waals surface area (Å²) in [7, 11) is -2.84. The second-order valence-electron chi connectivity index (χ2n) is 3.59. The molecule has 1 aliphatic rings. The van der Waals surface area contributed by atoms with E-state index in [0.29, 0.717) is 19.6 Å². The fourth-order valence-corrected chi connectivity index (χ4v) is 2.67. The van der Waals surface area contributed by atoms with Gasteiger partial charge in [0.25, 0.3) is 0 Å². The van der Waals surface area contributed by atoms with Gasteiger partial charge in [-0.05, 0) is 0 Å². The number of esters is 1. The van der Waals surface area contributed by atoms with Crippen LogP contribution in [0.15, 0.2) is 0 Å². The van der Waals surface area contributed by atoms with E-state index in [9.17, 15) is 13.2 Å². The maximum absolute atomic E-state index is 11.1. The molecular formula is C10H15NO4S. The quantitative estimate of drug-likeness (QED) is 0.483. The molecule has 90 valence electrons. The predicted molar refractivity (Wildman–Crippen MR) is 59.5 cm³/mol. The molecule has 5 nitrogen and oxygen atoms in total. The molecule has 0 amide bonds. The smallest absolute Gasteiger partial charge is 0.317 e. The second kappa shape index (κ2) is 5.87. The Morgan fingerprint density at radius 2 is 2.00 bits per heavy atom. The van der Waals surface area contributed by atoms with Crippen LogP contribution in [-0.2, 0) is 19.4 Å². The first-order valence-electron chi connectivity index (χ1n) is 5.05. The van der Waals surface area contributed by atoms with Crippen LogP contribution in [0.25, 0.3) is 0 Å². The summed E-state index contributed by atoms with van der Waals surface area (Å²) in [4.78, 5) is 12.9. The van der Waals surface area contributed by atoms with Crippen molar-refractivity contribution in [3.63, 3.8) is 0 Å². The zero-order valence-corrected chi connectivity index (χ0v) is 9.83. The molecule has 0 saturated carbocycles. The molecule has 1 rings (SSSR count). The summed E-state index contributed by atoms with van der Waals surface area (Å²) >= 11 is 0. The van der Waals surface area contributed by atoms with Crippen LogP contribution < -0.4 is 0 Å². The summed E-state index contributed by atoms with van der Waals surface area (Å²) in [6, 6.07) is 0. The standard InChI is InChI=1S/C10H15NO4S/c1-2-3-10(12)15-7-4-11-5-8-16(13,14)9-6-11/h1H,3-9H2. The van der Waals surface area contributed by atoms with Gasteiger partial charge in [-0.3, -0.25) is 9.69 Å². The van der Waals surface area contributed by atoms with Crippen molar-refractivity contribution in [1.82, 2.24) is 4.90 Å². The van der Waals surface area contributed by atoms with Gasteiger partial charge in [0.05, 0.1) is 11.5 Å². The van der Waals surface area contributed by atoms with Gasteiger partial charge in [0.15, 0.2) is 9.84 Å². The maximum atomic E-state index is 11.1. The van der Waals surface area contributed by atoms with Crippen LogP contribution in [0.2, 0.25) is 0 Å². The van der Waals surface area contributed by atoms with Gasteiger partial charge in [0.2, 0.25) is 0 Å². The van der Waals surface area contributed by atoms with E-state index in [0.717, 1.165) is 0 Å². The van der Waals surface area contributed by atoms with Crippen molar-refractivity contribution in [3.8, 4) is 12.3 Å². The molecule has 0 spiro atoms. The average molecular weight is 245 g/mol. The van der Waals surface area contributed by atoms with Gasteiger partial charge in [-0.15, -0.1) is 6.42 Å². The lowest BCUT2D eigenvalue weighted by molar-refractivity contribution is -0.142. The second-order valence-corrected chi connectivity index (χ2v) is 5.90. The molecule has 0 aromatic carbocycles. The number of carbonyl (C=O) groups is 1. The Kier molecular flexibility index (Phi) is 4.77. The largest absolute Gasteiger partial charge is 0.464 e. The molecule has 0 aromatic heterocycles. The van der Waals surface area contributed by atoms with Crippen molar-refractivity contribution >= 4 is 15.8 Å². The minimum Gasteiger partial charge on any atom is -0.464 e. The first kappa shape index (κ1) is 13.0. The van der Waals surface area contributed by atoms with Crippen LogP contribution in [0.1, 0.15) is 6.42 Å². The molecule has 0 atom stereocenters. The lowest BCUT2D eigenvalue weighted by Crippen LogP contribution is -2.41. The third kappa shape index (κ3) is 4.64. The van der Waals surface area contributed by atoms with Crippen molar-refractivity contribution in [3.05, 3.63) is 0 Å². The number of hydrogen-bond donors (Lipinski definition) is 0. The fourth-order valence-electron chi connectivity index (χ4n) is 1.40. The van der Waals surface area contributed by atoms with Crippen molar-refractivity contribution in [2.45, 2.75) is 6.42 Å². The SMILES string of the molecule is C#CCC(=O)OCCN1CCS(=O)(=O)CC1. The lowest BCUT2D eigenvalue weighted by atomic mass is 10.4. The molecule has 0 unspecified atom stereocenters. The van der Waals surface area contributed by atoms with Crippen molar-refractivity contribution < 1.29 is 17.9 Å². The van der Waals surface area contributed by atoms with E-state index in [1.54, 1.807) is 0 Å². The van der Waals surface area contributed by atoms with E-state index in [1.165, 1.54) is 0 Å². The first-order chi connectivity index (χ1) is 7.53. The number of sulfone groups is 1. The minimum absolute atomic E-state index is 0.0195. The third-order valence-electron chi connectivity index (χ3n) is 2.35. The van der Waals surface area contributed by atoms with Gasteiger partial charge in [-0.1, -0.05) is 5.92 Å².